The topological polar surface area (TPSA) is 47.6 Å². The van der Waals surface area contributed by atoms with Crippen LogP contribution in [0.15, 0.2) is 24.3 Å². The molecule has 22 heavy (non-hydrogen) atoms. The molecule has 1 saturated heterocycles. The van der Waals surface area contributed by atoms with Gasteiger partial charge in [-0.3, -0.25) is 4.79 Å². The summed E-state index contributed by atoms with van der Waals surface area (Å²) in [6.07, 6.45) is 3.79. The number of nitrogens with one attached hydrogen (secondary N) is 1. The molecule has 0 radical (unpaired) electrons. The van der Waals surface area contributed by atoms with Crippen LogP contribution in [-0.2, 0) is 20.7 Å². The van der Waals surface area contributed by atoms with Crippen molar-refractivity contribution < 1.29 is 18.7 Å². The maximum absolute atomic E-state index is 12.8. The fourth-order valence-corrected chi connectivity index (χ4v) is 2.48. The Kier molecular flexibility index (Phi) is 6.34. The van der Waals surface area contributed by atoms with Gasteiger partial charge in [0.05, 0.1) is 13.2 Å². The van der Waals surface area contributed by atoms with Crippen LogP contribution in [0.5, 0.6) is 0 Å². The van der Waals surface area contributed by atoms with Crippen LogP contribution in [0.2, 0.25) is 0 Å². The van der Waals surface area contributed by atoms with Gasteiger partial charge < -0.3 is 14.8 Å². The summed E-state index contributed by atoms with van der Waals surface area (Å²) in [6, 6.07) is 6.51. The van der Waals surface area contributed by atoms with Crippen LogP contribution < -0.4 is 5.32 Å². The lowest BCUT2D eigenvalue weighted by atomic mass is 10.1. The summed E-state index contributed by atoms with van der Waals surface area (Å²) in [6.45, 7) is 3.70. The first-order valence-electron chi connectivity index (χ1n) is 7.86. The summed E-state index contributed by atoms with van der Waals surface area (Å²) >= 11 is 0. The molecule has 1 amide bonds. The first-order valence-corrected chi connectivity index (χ1v) is 7.86. The Bertz CT molecular complexity index is 469. The summed E-state index contributed by atoms with van der Waals surface area (Å²) in [4.78, 5) is 11.7. The number of benzene rings is 1. The van der Waals surface area contributed by atoms with Gasteiger partial charge in [-0.25, -0.2) is 4.39 Å². The van der Waals surface area contributed by atoms with Gasteiger partial charge in [-0.1, -0.05) is 12.1 Å². The van der Waals surface area contributed by atoms with Gasteiger partial charge >= 0.3 is 0 Å². The van der Waals surface area contributed by atoms with E-state index in [0.717, 1.165) is 24.8 Å². The molecule has 1 N–H and O–H groups in total. The molecule has 0 aliphatic carbocycles. The number of unbranched alkanes of at least 4 members (excludes halogenated alkanes) is 1. The second-order valence-corrected chi connectivity index (χ2v) is 5.76. The number of carbonyl (C=O) groups is 1. The Hall–Kier alpha value is -1.46. The predicted octanol–water partition coefficient (Wildman–Crippen LogP) is 2.81. The van der Waals surface area contributed by atoms with Gasteiger partial charge in [0.25, 0.3) is 0 Å². The highest BCUT2D eigenvalue weighted by atomic mass is 19.1. The highest BCUT2D eigenvalue weighted by Gasteiger charge is 2.30. The van der Waals surface area contributed by atoms with Gasteiger partial charge in [0.15, 0.2) is 5.79 Å². The van der Waals surface area contributed by atoms with Gasteiger partial charge in [0.1, 0.15) is 5.82 Å². The Labute approximate surface area is 131 Å². The van der Waals surface area contributed by atoms with Crippen LogP contribution in [0.1, 0.15) is 38.2 Å². The van der Waals surface area contributed by atoms with E-state index in [1.807, 2.05) is 6.92 Å². The average molecular weight is 309 g/mol. The highest BCUT2D eigenvalue weighted by Crippen LogP contribution is 2.21. The number of carbonyl (C=O) groups excluding carboxylic acids is 1. The minimum atomic E-state index is -0.546. The van der Waals surface area contributed by atoms with Crippen LogP contribution in [0.3, 0.4) is 0 Å². The van der Waals surface area contributed by atoms with Crippen LogP contribution in [0.4, 0.5) is 4.39 Å². The van der Waals surface area contributed by atoms with Crippen molar-refractivity contribution in [1.82, 2.24) is 5.32 Å². The molecule has 1 aliphatic heterocycles. The number of amides is 1. The fraction of sp³-hybridized carbons (Fsp3) is 0.588. The predicted molar refractivity (Wildman–Crippen MR) is 81.9 cm³/mol. The maximum Gasteiger partial charge on any atom is 0.219 e. The molecule has 4 nitrogen and oxygen atoms in total. The number of halogens is 1. The molecule has 1 aromatic rings. The van der Waals surface area contributed by atoms with Crippen molar-refractivity contribution in [2.45, 2.75) is 44.8 Å². The lowest BCUT2D eigenvalue weighted by molar-refractivity contribution is -0.146. The van der Waals surface area contributed by atoms with Crippen molar-refractivity contribution in [3.05, 3.63) is 35.6 Å². The second kappa shape index (κ2) is 8.25. The Morgan fingerprint density at radius 2 is 1.91 bits per heavy atom. The number of hydrogen-bond acceptors (Lipinski definition) is 3. The molecule has 0 aromatic heterocycles. The third-order valence-corrected chi connectivity index (χ3v) is 3.83. The van der Waals surface area contributed by atoms with Crippen LogP contribution in [0.25, 0.3) is 0 Å². The van der Waals surface area contributed by atoms with E-state index in [9.17, 15) is 9.18 Å². The van der Waals surface area contributed by atoms with Gasteiger partial charge in [0.2, 0.25) is 5.91 Å². The first kappa shape index (κ1) is 16.9. The summed E-state index contributed by atoms with van der Waals surface area (Å²) < 4.78 is 23.7. The summed E-state index contributed by atoms with van der Waals surface area (Å²) in [5, 5.41) is 2.89. The van der Waals surface area contributed by atoms with E-state index < -0.39 is 5.79 Å². The normalized spacial score (nSPS) is 16.6. The SMILES string of the molecule is CC1(CCNC(=O)CCCCc2ccc(F)cc2)OCCO1. The largest absolute Gasteiger partial charge is 0.356 e. The van der Waals surface area contributed by atoms with Crippen molar-refractivity contribution in [2.75, 3.05) is 19.8 Å². The number of hydrogen-bond donors (Lipinski definition) is 1. The molecule has 122 valence electrons. The van der Waals surface area contributed by atoms with E-state index in [1.165, 1.54) is 12.1 Å². The van der Waals surface area contributed by atoms with Crippen LogP contribution in [0, 0.1) is 5.82 Å². The molecular formula is C17H24FNO3. The monoisotopic (exact) mass is 309 g/mol. The van der Waals surface area contributed by atoms with Crippen molar-refractivity contribution >= 4 is 5.91 Å². The molecular weight excluding hydrogens is 285 g/mol. The third-order valence-electron chi connectivity index (χ3n) is 3.83. The highest BCUT2D eigenvalue weighted by molar-refractivity contribution is 5.75. The lowest BCUT2D eigenvalue weighted by Crippen LogP contribution is -2.33. The molecule has 1 aromatic carbocycles. The number of ether oxygens (including phenoxy) is 2. The van der Waals surface area contributed by atoms with Crippen molar-refractivity contribution in [2.24, 2.45) is 0 Å². The van der Waals surface area contributed by atoms with E-state index in [4.69, 9.17) is 9.47 Å². The van der Waals surface area contributed by atoms with Crippen LogP contribution in [-0.4, -0.2) is 31.5 Å². The zero-order valence-corrected chi connectivity index (χ0v) is 13.1. The van der Waals surface area contributed by atoms with E-state index in [-0.39, 0.29) is 11.7 Å². The Morgan fingerprint density at radius 1 is 1.23 bits per heavy atom. The molecule has 2 rings (SSSR count). The summed E-state index contributed by atoms with van der Waals surface area (Å²) in [5.41, 5.74) is 1.10. The van der Waals surface area contributed by atoms with Gasteiger partial charge in [-0.2, -0.15) is 0 Å². The zero-order chi connectivity index (χ0) is 15.8. The van der Waals surface area contributed by atoms with Gasteiger partial charge in [0, 0.05) is 19.4 Å². The molecule has 0 spiro atoms. The number of aryl methyl sites for hydroxylation is 1. The maximum atomic E-state index is 12.8. The van der Waals surface area contributed by atoms with E-state index in [2.05, 4.69) is 5.32 Å². The van der Waals surface area contributed by atoms with E-state index >= 15 is 0 Å². The van der Waals surface area contributed by atoms with Crippen molar-refractivity contribution in [3.63, 3.8) is 0 Å². The summed E-state index contributed by atoms with van der Waals surface area (Å²) in [7, 11) is 0. The minimum absolute atomic E-state index is 0.0562. The fourth-order valence-electron chi connectivity index (χ4n) is 2.48. The molecule has 0 bridgehead atoms. The van der Waals surface area contributed by atoms with Gasteiger partial charge in [-0.15, -0.1) is 0 Å². The Balaban J connectivity index is 1.53. The van der Waals surface area contributed by atoms with Crippen LogP contribution >= 0.6 is 0 Å². The quantitative estimate of drug-likeness (QED) is 0.751. The molecule has 1 fully saturated rings. The molecule has 1 aliphatic rings. The average Bonchev–Trinajstić information content (AvgIpc) is 2.92. The first-order chi connectivity index (χ1) is 10.6. The van der Waals surface area contributed by atoms with E-state index in [1.54, 1.807) is 12.1 Å². The van der Waals surface area contributed by atoms with Gasteiger partial charge in [-0.05, 0) is 43.9 Å². The second-order valence-electron chi connectivity index (χ2n) is 5.76. The molecule has 0 unspecified atom stereocenters. The molecule has 0 atom stereocenters. The molecule has 5 heteroatoms. The number of rotatable bonds is 8. The van der Waals surface area contributed by atoms with Crippen molar-refractivity contribution in [1.29, 1.82) is 0 Å². The third kappa shape index (κ3) is 5.73. The molecule has 0 saturated carbocycles. The summed E-state index contributed by atoms with van der Waals surface area (Å²) in [5.74, 6) is -0.705. The standard InChI is InChI=1S/C17H24FNO3/c1-17(21-12-13-22-17)10-11-19-16(20)5-3-2-4-14-6-8-15(18)9-7-14/h6-9H,2-5,10-13H2,1H3,(H,19,20). The van der Waals surface area contributed by atoms with E-state index in [0.29, 0.717) is 32.6 Å². The minimum Gasteiger partial charge on any atom is -0.356 e. The molecule has 1 heterocycles. The Morgan fingerprint density at radius 3 is 2.59 bits per heavy atom. The van der Waals surface area contributed by atoms with Crippen molar-refractivity contribution in [3.8, 4) is 0 Å². The smallest absolute Gasteiger partial charge is 0.219 e. The lowest BCUT2D eigenvalue weighted by Gasteiger charge is -2.22. The zero-order valence-electron chi connectivity index (χ0n) is 13.1.